The van der Waals surface area contributed by atoms with Gasteiger partial charge in [0.1, 0.15) is 0 Å². The Bertz CT molecular complexity index is 216. The van der Waals surface area contributed by atoms with Crippen LogP contribution in [0.1, 0.15) is 91.4 Å². The summed E-state index contributed by atoms with van der Waals surface area (Å²) in [6.07, 6.45) is 19.2. The molecular formula is C17H33N. The summed E-state index contributed by atoms with van der Waals surface area (Å²) >= 11 is 0. The van der Waals surface area contributed by atoms with Crippen LogP contribution in [0.25, 0.3) is 0 Å². The Morgan fingerprint density at radius 1 is 0.778 bits per heavy atom. The van der Waals surface area contributed by atoms with Gasteiger partial charge in [0.05, 0.1) is 0 Å². The van der Waals surface area contributed by atoms with Crippen molar-refractivity contribution in [2.45, 2.75) is 91.4 Å². The third kappa shape index (κ3) is 11.9. The third-order valence-electron chi connectivity index (χ3n) is 3.41. The molecule has 0 N–H and O–H groups in total. The highest BCUT2D eigenvalue weighted by Gasteiger charge is 1.95. The van der Waals surface area contributed by atoms with Crippen LogP contribution in [0, 0.1) is 0 Å². The molecule has 0 heterocycles. The Morgan fingerprint density at radius 3 is 1.72 bits per heavy atom. The Hall–Kier alpha value is -0.590. The van der Waals surface area contributed by atoms with Gasteiger partial charge in [0, 0.05) is 11.9 Å². The topological polar surface area (TPSA) is 12.4 Å². The molecule has 0 saturated heterocycles. The predicted molar refractivity (Wildman–Crippen MR) is 84.4 cm³/mol. The van der Waals surface area contributed by atoms with Crippen molar-refractivity contribution >= 4 is 6.21 Å². The first-order valence-electron chi connectivity index (χ1n) is 7.99. The zero-order valence-corrected chi connectivity index (χ0v) is 12.9. The van der Waals surface area contributed by atoms with Gasteiger partial charge in [-0.25, -0.2) is 0 Å². The fourth-order valence-electron chi connectivity index (χ4n) is 2.24. The van der Waals surface area contributed by atoms with Gasteiger partial charge in [-0.3, -0.25) is 4.99 Å². The lowest BCUT2D eigenvalue weighted by Gasteiger charge is -2.03. The van der Waals surface area contributed by atoms with E-state index >= 15 is 0 Å². The molecule has 0 spiro atoms. The minimum Gasteiger partial charge on any atom is -0.266 e. The summed E-state index contributed by atoms with van der Waals surface area (Å²) in [6, 6.07) is 0. The van der Waals surface area contributed by atoms with E-state index in [0.717, 1.165) is 6.42 Å². The molecule has 0 aromatic heterocycles. The van der Waals surface area contributed by atoms with Gasteiger partial charge in [-0.15, -0.1) is 0 Å². The van der Waals surface area contributed by atoms with Crippen molar-refractivity contribution in [3.63, 3.8) is 0 Å². The number of unbranched alkanes of at least 4 members (excludes halogenated alkanes) is 9. The minimum atomic E-state index is 1.15. The van der Waals surface area contributed by atoms with Crippen LogP contribution in [-0.4, -0.2) is 6.21 Å². The second-order valence-corrected chi connectivity index (χ2v) is 5.10. The number of hydrogen-bond donors (Lipinski definition) is 0. The van der Waals surface area contributed by atoms with Crippen molar-refractivity contribution < 1.29 is 0 Å². The summed E-state index contributed by atoms with van der Waals surface area (Å²) in [7, 11) is 0. The second-order valence-electron chi connectivity index (χ2n) is 5.10. The van der Waals surface area contributed by atoms with Gasteiger partial charge in [-0.2, -0.15) is 0 Å². The molecule has 0 amide bonds. The van der Waals surface area contributed by atoms with Crippen LogP contribution >= 0.6 is 0 Å². The summed E-state index contributed by atoms with van der Waals surface area (Å²) in [4.78, 5) is 4.35. The van der Waals surface area contributed by atoms with Crippen molar-refractivity contribution in [1.82, 2.24) is 0 Å². The highest BCUT2D eigenvalue weighted by Crippen LogP contribution is 2.14. The maximum atomic E-state index is 4.35. The molecule has 0 radical (unpaired) electrons. The highest BCUT2D eigenvalue weighted by atomic mass is 14.7. The Balaban J connectivity index is 3.21. The summed E-state index contributed by atoms with van der Waals surface area (Å²) in [5, 5.41) is 0. The molecule has 0 aliphatic carbocycles. The predicted octanol–water partition coefficient (Wildman–Crippen LogP) is 6.29. The average Bonchev–Trinajstić information content (AvgIpc) is 2.39. The fraction of sp³-hybridized carbons (Fsp3) is 0.824. The number of hydrogen-bond acceptors (Lipinski definition) is 1. The van der Waals surface area contributed by atoms with Crippen LogP contribution in [-0.2, 0) is 0 Å². The minimum absolute atomic E-state index is 1.15. The van der Waals surface area contributed by atoms with Gasteiger partial charge in [0.25, 0.3) is 0 Å². The van der Waals surface area contributed by atoms with E-state index in [2.05, 4.69) is 24.9 Å². The van der Waals surface area contributed by atoms with Crippen molar-refractivity contribution in [3.05, 3.63) is 11.8 Å². The number of nitrogens with zero attached hydrogens (tertiary/aromatic N) is 1. The number of allylic oxidation sites excluding steroid dienone is 2. The summed E-state index contributed by atoms with van der Waals surface area (Å²) < 4.78 is 0. The molecule has 18 heavy (non-hydrogen) atoms. The Labute approximate surface area is 115 Å². The van der Waals surface area contributed by atoms with E-state index < -0.39 is 0 Å². The Morgan fingerprint density at radius 2 is 1.28 bits per heavy atom. The third-order valence-corrected chi connectivity index (χ3v) is 3.41. The molecule has 0 fully saturated rings. The van der Waals surface area contributed by atoms with Gasteiger partial charge >= 0.3 is 0 Å². The van der Waals surface area contributed by atoms with Crippen molar-refractivity contribution in [2.24, 2.45) is 4.99 Å². The fourth-order valence-corrected chi connectivity index (χ4v) is 2.24. The molecule has 1 nitrogen and oxygen atoms in total. The monoisotopic (exact) mass is 251 g/mol. The van der Waals surface area contributed by atoms with Crippen molar-refractivity contribution in [1.29, 1.82) is 0 Å². The van der Waals surface area contributed by atoms with Gasteiger partial charge < -0.3 is 0 Å². The van der Waals surface area contributed by atoms with Crippen LogP contribution in [0.15, 0.2) is 16.8 Å². The SMILES string of the molecule is CC=NC(=CC)CCCCCCCCCCCC. The van der Waals surface area contributed by atoms with Gasteiger partial charge in [-0.1, -0.05) is 70.8 Å². The highest BCUT2D eigenvalue weighted by molar-refractivity contribution is 5.55. The standard InChI is InChI=1S/C17H33N/c1-4-7-8-9-10-11-12-13-14-15-16-17(5-2)18-6-3/h5-6H,4,7-16H2,1-3H3. The van der Waals surface area contributed by atoms with E-state index in [0.29, 0.717) is 0 Å². The molecule has 0 bridgehead atoms. The summed E-state index contributed by atoms with van der Waals surface area (Å²) in [5.74, 6) is 0. The molecule has 0 aromatic rings. The molecule has 0 unspecified atom stereocenters. The quantitative estimate of drug-likeness (QED) is 0.285. The molecule has 1 heteroatoms. The zero-order valence-electron chi connectivity index (χ0n) is 12.9. The van der Waals surface area contributed by atoms with E-state index in [1.165, 1.54) is 69.9 Å². The van der Waals surface area contributed by atoms with Gasteiger partial charge in [0.15, 0.2) is 0 Å². The lowest BCUT2D eigenvalue weighted by molar-refractivity contribution is 0.555. The number of rotatable bonds is 12. The van der Waals surface area contributed by atoms with E-state index in [1.807, 2.05) is 13.1 Å². The second kappa shape index (κ2) is 14.5. The molecule has 0 aromatic carbocycles. The van der Waals surface area contributed by atoms with E-state index in [-0.39, 0.29) is 0 Å². The van der Waals surface area contributed by atoms with Gasteiger partial charge in [-0.05, 0) is 26.7 Å². The molecule has 0 aliphatic heterocycles. The maximum Gasteiger partial charge on any atom is 0.0356 e. The van der Waals surface area contributed by atoms with Crippen LogP contribution < -0.4 is 0 Å². The van der Waals surface area contributed by atoms with Crippen LogP contribution in [0.4, 0.5) is 0 Å². The van der Waals surface area contributed by atoms with Gasteiger partial charge in [0.2, 0.25) is 0 Å². The number of aliphatic imine (C=N–C) groups is 1. The Kier molecular flexibility index (Phi) is 14.0. The van der Waals surface area contributed by atoms with Crippen LogP contribution in [0.3, 0.4) is 0 Å². The van der Waals surface area contributed by atoms with Crippen molar-refractivity contribution in [2.75, 3.05) is 0 Å². The normalized spacial score (nSPS) is 12.5. The zero-order chi connectivity index (χ0) is 13.5. The smallest absolute Gasteiger partial charge is 0.0356 e. The summed E-state index contributed by atoms with van der Waals surface area (Å²) in [5.41, 5.74) is 1.25. The molecule has 0 rings (SSSR count). The lowest BCUT2D eigenvalue weighted by Crippen LogP contribution is -1.84. The lowest BCUT2D eigenvalue weighted by atomic mass is 10.1. The molecule has 106 valence electrons. The average molecular weight is 251 g/mol. The van der Waals surface area contributed by atoms with Crippen LogP contribution in [0.5, 0.6) is 0 Å². The van der Waals surface area contributed by atoms with Crippen LogP contribution in [0.2, 0.25) is 0 Å². The largest absolute Gasteiger partial charge is 0.266 e. The first-order valence-corrected chi connectivity index (χ1v) is 7.99. The van der Waals surface area contributed by atoms with Crippen molar-refractivity contribution in [3.8, 4) is 0 Å². The first kappa shape index (κ1) is 17.4. The summed E-state index contributed by atoms with van der Waals surface area (Å²) in [6.45, 7) is 6.35. The molecule has 0 saturated carbocycles. The molecule has 0 atom stereocenters. The maximum absolute atomic E-state index is 4.35. The van der Waals surface area contributed by atoms with E-state index in [4.69, 9.17) is 0 Å². The molecule has 0 aliphatic rings. The molecular weight excluding hydrogens is 218 g/mol. The van der Waals surface area contributed by atoms with E-state index in [1.54, 1.807) is 0 Å². The first-order chi connectivity index (χ1) is 8.85. The van der Waals surface area contributed by atoms with E-state index in [9.17, 15) is 0 Å².